The third-order valence-corrected chi connectivity index (χ3v) is 4.53. The molecule has 1 aromatic rings. The van der Waals surface area contributed by atoms with Gasteiger partial charge in [0.15, 0.2) is 0 Å². The van der Waals surface area contributed by atoms with Gasteiger partial charge in [-0.25, -0.2) is 0 Å². The lowest BCUT2D eigenvalue weighted by Gasteiger charge is -2.19. The van der Waals surface area contributed by atoms with E-state index in [-0.39, 0.29) is 11.4 Å². The number of allylic oxidation sites excluding steroid dienone is 1. The SMILES string of the molecule is C[C@@]12CC[C@@H](/C=C/c3ccccc3)[C@@H]1COC2=O. The summed E-state index contributed by atoms with van der Waals surface area (Å²) in [4.78, 5) is 11.8. The summed E-state index contributed by atoms with van der Waals surface area (Å²) in [5.74, 6) is 0.842. The van der Waals surface area contributed by atoms with Crippen molar-refractivity contribution in [1.29, 1.82) is 0 Å². The van der Waals surface area contributed by atoms with Gasteiger partial charge in [-0.05, 0) is 31.2 Å². The molecule has 3 rings (SSSR count). The topological polar surface area (TPSA) is 26.3 Å². The highest BCUT2D eigenvalue weighted by atomic mass is 16.5. The van der Waals surface area contributed by atoms with Crippen molar-refractivity contribution in [2.75, 3.05) is 6.61 Å². The van der Waals surface area contributed by atoms with Crippen LogP contribution in [-0.4, -0.2) is 12.6 Å². The Balaban J connectivity index is 1.76. The molecule has 0 radical (unpaired) electrons. The van der Waals surface area contributed by atoms with Gasteiger partial charge in [0.25, 0.3) is 0 Å². The van der Waals surface area contributed by atoms with E-state index in [1.54, 1.807) is 0 Å². The molecule has 1 saturated heterocycles. The van der Waals surface area contributed by atoms with Gasteiger partial charge in [0, 0.05) is 5.92 Å². The quantitative estimate of drug-likeness (QED) is 0.744. The number of hydrogen-bond acceptors (Lipinski definition) is 2. The van der Waals surface area contributed by atoms with Crippen LogP contribution in [0, 0.1) is 17.3 Å². The smallest absolute Gasteiger partial charge is 0.312 e. The zero-order chi connectivity index (χ0) is 12.6. The van der Waals surface area contributed by atoms with E-state index in [4.69, 9.17) is 4.74 Å². The Morgan fingerprint density at radius 1 is 1.33 bits per heavy atom. The van der Waals surface area contributed by atoms with Crippen LogP contribution in [-0.2, 0) is 9.53 Å². The number of rotatable bonds is 2. The minimum absolute atomic E-state index is 0.00288. The van der Waals surface area contributed by atoms with Crippen LogP contribution in [0.5, 0.6) is 0 Å². The Kier molecular flexibility index (Phi) is 2.73. The van der Waals surface area contributed by atoms with E-state index in [1.807, 2.05) is 18.2 Å². The Bertz CT molecular complexity index is 477. The second-order valence-corrected chi connectivity index (χ2v) is 5.59. The summed E-state index contributed by atoms with van der Waals surface area (Å²) in [6.07, 6.45) is 6.48. The molecule has 18 heavy (non-hydrogen) atoms. The Morgan fingerprint density at radius 2 is 2.11 bits per heavy atom. The first-order chi connectivity index (χ1) is 8.70. The molecule has 0 amide bonds. The number of carbonyl (C=O) groups is 1. The minimum atomic E-state index is -0.230. The number of hydrogen-bond donors (Lipinski definition) is 0. The van der Waals surface area contributed by atoms with E-state index >= 15 is 0 Å². The van der Waals surface area contributed by atoms with E-state index in [2.05, 4.69) is 31.2 Å². The van der Waals surface area contributed by atoms with Crippen molar-refractivity contribution in [3.8, 4) is 0 Å². The van der Waals surface area contributed by atoms with E-state index in [0.29, 0.717) is 18.4 Å². The monoisotopic (exact) mass is 242 g/mol. The van der Waals surface area contributed by atoms with Crippen molar-refractivity contribution < 1.29 is 9.53 Å². The van der Waals surface area contributed by atoms with Gasteiger partial charge in [0.2, 0.25) is 0 Å². The third-order valence-electron chi connectivity index (χ3n) is 4.53. The fourth-order valence-electron chi connectivity index (χ4n) is 3.25. The first-order valence-electron chi connectivity index (χ1n) is 6.61. The number of benzene rings is 1. The maximum atomic E-state index is 11.8. The number of fused-ring (bicyclic) bond motifs is 1. The van der Waals surface area contributed by atoms with Gasteiger partial charge in [-0.2, -0.15) is 0 Å². The predicted octanol–water partition coefficient (Wildman–Crippen LogP) is 3.29. The molecule has 1 saturated carbocycles. The molecule has 1 aromatic carbocycles. The Hall–Kier alpha value is -1.57. The molecule has 0 N–H and O–H groups in total. The van der Waals surface area contributed by atoms with Crippen molar-refractivity contribution in [3.05, 3.63) is 42.0 Å². The first kappa shape index (κ1) is 11.5. The van der Waals surface area contributed by atoms with Gasteiger partial charge in [-0.1, -0.05) is 42.5 Å². The predicted molar refractivity (Wildman–Crippen MR) is 70.8 cm³/mol. The molecule has 1 aliphatic heterocycles. The van der Waals surface area contributed by atoms with E-state index in [0.717, 1.165) is 12.8 Å². The summed E-state index contributed by atoms with van der Waals surface area (Å²) in [5, 5.41) is 0. The molecule has 2 fully saturated rings. The lowest BCUT2D eigenvalue weighted by molar-refractivity contribution is -0.145. The zero-order valence-electron chi connectivity index (χ0n) is 10.6. The summed E-state index contributed by atoms with van der Waals surface area (Å²) < 4.78 is 5.23. The van der Waals surface area contributed by atoms with Gasteiger partial charge in [0.1, 0.15) is 0 Å². The number of cyclic esters (lactones) is 1. The third kappa shape index (κ3) is 1.76. The second-order valence-electron chi connectivity index (χ2n) is 5.59. The zero-order valence-corrected chi connectivity index (χ0v) is 10.6. The molecule has 3 atom stereocenters. The van der Waals surface area contributed by atoms with Crippen LogP contribution < -0.4 is 0 Å². The van der Waals surface area contributed by atoms with Crippen molar-refractivity contribution in [3.63, 3.8) is 0 Å². The molecule has 2 heteroatoms. The molecular formula is C16H18O2. The minimum Gasteiger partial charge on any atom is -0.465 e. The highest BCUT2D eigenvalue weighted by molar-refractivity contribution is 5.79. The molecule has 2 aliphatic rings. The lowest BCUT2D eigenvalue weighted by atomic mass is 9.79. The van der Waals surface area contributed by atoms with Gasteiger partial charge in [0.05, 0.1) is 12.0 Å². The average Bonchev–Trinajstić information content (AvgIpc) is 2.86. The van der Waals surface area contributed by atoms with Crippen LogP contribution in [0.25, 0.3) is 6.08 Å². The van der Waals surface area contributed by atoms with Crippen molar-refractivity contribution in [1.82, 2.24) is 0 Å². The molecule has 2 nitrogen and oxygen atoms in total. The molecule has 0 spiro atoms. The molecule has 1 heterocycles. The van der Waals surface area contributed by atoms with Gasteiger partial charge in [-0.15, -0.1) is 0 Å². The number of carbonyl (C=O) groups excluding carboxylic acids is 1. The number of ether oxygens (including phenoxy) is 1. The molecule has 0 aromatic heterocycles. The summed E-state index contributed by atoms with van der Waals surface area (Å²) >= 11 is 0. The number of esters is 1. The summed E-state index contributed by atoms with van der Waals surface area (Å²) in [5.41, 5.74) is 0.988. The fraction of sp³-hybridized carbons (Fsp3) is 0.438. The van der Waals surface area contributed by atoms with Crippen molar-refractivity contribution in [2.45, 2.75) is 19.8 Å². The average molecular weight is 242 g/mol. The standard InChI is InChI=1S/C16H18O2/c1-16-10-9-13(14(16)11-18-15(16)17)8-7-12-5-3-2-4-6-12/h2-8,13-14H,9-11H2,1H3/b8-7+/t13-,14+,16-/m1/s1. The van der Waals surface area contributed by atoms with Crippen LogP contribution in [0.15, 0.2) is 36.4 Å². The molecule has 1 aliphatic carbocycles. The van der Waals surface area contributed by atoms with Crippen molar-refractivity contribution >= 4 is 12.0 Å². The van der Waals surface area contributed by atoms with Gasteiger partial charge in [-0.3, -0.25) is 4.79 Å². The van der Waals surface area contributed by atoms with Crippen LogP contribution >= 0.6 is 0 Å². The lowest BCUT2D eigenvalue weighted by Crippen LogP contribution is -2.26. The van der Waals surface area contributed by atoms with Gasteiger partial charge < -0.3 is 4.74 Å². The van der Waals surface area contributed by atoms with Crippen LogP contribution in [0.2, 0.25) is 0 Å². The second kappa shape index (κ2) is 4.27. The van der Waals surface area contributed by atoms with Crippen molar-refractivity contribution in [2.24, 2.45) is 17.3 Å². The van der Waals surface area contributed by atoms with Gasteiger partial charge >= 0.3 is 5.97 Å². The van der Waals surface area contributed by atoms with E-state index in [9.17, 15) is 4.79 Å². The molecular weight excluding hydrogens is 224 g/mol. The first-order valence-corrected chi connectivity index (χ1v) is 6.61. The van der Waals surface area contributed by atoms with E-state index < -0.39 is 0 Å². The van der Waals surface area contributed by atoms with Crippen LogP contribution in [0.4, 0.5) is 0 Å². The summed E-state index contributed by atoms with van der Waals surface area (Å²) in [7, 11) is 0. The summed E-state index contributed by atoms with van der Waals surface area (Å²) in [6, 6.07) is 10.3. The highest BCUT2D eigenvalue weighted by Crippen LogP contribution is 2.51. The highest BCUT2D eigenvalue weighted by Gasteiger charge is 2.54. The fourth-order valence-corrected chi connectivity index (χ4v) is 3.25. The van der Waals surface area contributed by atoms with Crippen LogP contribution in [0.1, 0.15) is 25.3 Å². The molecule has 0 unspecified atom stereocenters. The molecule has 94 valence electrons. The summed E-state index contributed by atoms with van der Waals surface area (Å²) in [6.45, 7) is 2.66. The maximum Gasteiger partial charge on any atom is 0.312 e. The molecule has 0 bridgehead atoms. The van der Waals surface area contributed by atoms with E-state index in [1.165, 1.54) is 5.56 Å². The normalized spacial score (nSPS) is 34.8. The largest absolute Gasteiger partial charge is 0.465 e. The van der Waals surface area contributed by atoms with Crippen LogP contribution in [0.3, 0.4) is 0 Å². The Morgan fingerprint density at radius 3 is 2.89 bits per heavy atom. The maximum absolute atomic E-state index is 11.8. The Labute approximate surface area is 108 Å².